The topological polar surface area (TPSA) is 89.9 Å². The average molecular weight is 237 g/mol. The summed E-state index contributed by atoms with van der Waals surface area (Å²) in [7, 11) is 0. The largest absolute Gasteiger partial charge is 1.00 e. The van der Waals surface area contributed by atoms with Crippen molar-refractivity contribution in [3.63, 3.8) is 0 Å². The molecule has 1 N–H and O–H groups in total. The molecule has 7 heteroatoms. The molecule has 2 heterocycles. The number of aliphatic hydroxyl groups excluding tert-OH is 1. The zero-order chi connectivity index (χ0) is 10.3. The van der Waals surface area contributed by atoms with Crippen molar-refractivity contribution < 1.29 is 75.9 Å². The van der Waals surface area contributed by atoms with Gasteiger partial charge in [-0.15, -0.1) is 0 Å². The molecule has 0 aromatic carbocycles. The number of hydrogen-bond donors (Lipinski definition) is 1. The van der Waals surface area contributed by atoms with E-state index in [4.69, 9.17) is 9.84 Å². The van der Waals surface area contributed by atoms with Crippen LogP contribution in [0, 0.1) is 0 Å². The molecule has 0 aromatic rings. The Balaban J connectivity index is 0.00000112. The molecule has 6 nitrogen and oxygen atoms in total. The molecule has 3 atom stereocenters. The van der Waals surface area contributed by atoms with E-state index in [1.165, 1.54) is 6.08 Å². The van der Waals surface area contributed by atoms with Gasteiger partial charge in [0.1, 0.15) is 18.4 Å². The number of ether oxygens (including phenoxy) is 1. The van der Waals surface area contributed by atoms with Crippen LogP contribution in [0.5, 0.6) is 0 Å². The number of β-lactam (4-membered cyclic amide) rings is 1. The number of hydrogen-bond acceptors (Lipinski definition) is 5. The van der Waals surface area contributed by atoms with Crippen molar-refractivity contribution in [3.05, 3.63) is 12.3 Å². The van der Waals surface area contributed by atoms with Crippen LogP contribution in [0.3, 0.4) is 0 Å². The first-order valence-corrected chi connectivity index (χ1v) is 4.13. The number of fused-ring (bicyclic) bond motifs is 1. The number of aliphatic hydroxyl groups is 1. The number of carbonyl (C=O) groups excluding carboxylic acids is 2. The molecule has 2 rings (SSSR count). The maximum atomic E-state index is 11.0. The van der Waals surface area contributed by atoms with E-state index in [2.05, 4.69) is 0 Å². The van der Waals surface area contributed by atoms with Crippen LogP contribution in [-0.2, 0) is 14.3 Å². The third kappa shape index (κ3) is 2.13. The first kappa shape index (κ1) is 13.1. The molecule has 0 saturated carbocycles. The number of nitrogens with zero attached hydrogens (tertiary/aromatic N) is 1. The molecule has 0 aliphatic carbocycles. The molecular weight excluding hydrogens is 229 g/mol. The standard InChI is InChI=1S/C8H9NO5.K/c10-2-1-4-7(8(12)13)9-5(11)3-6(9)14-4;/h1-2,4,6-7,10H,3H2,(H,12,13);/q;+1/p-1/b2-1-;/t4?,6-,7-;/m1./s1. The summed E-state index contributed by atoms with van der Waals surface area (Å²) in [4.78, 5) is 22.9. The molecule has 2 saturated heterocycles. The van der Waals surface area contributed by atoms with Gasteiger partial charge in [-0.2, -0.15) is 0 Å². The van der Waals surface area contributed by atoms with Crippen LogP contribution in [0.1, 0.15) is 6.42 Å². The van der Waals surface area contributed by atoms with Gasteiger partial charge < -0.3 is 24.6 Å². The zero-order valence-electron chi connectivity index (χ0n) is 8.12. The molecule has 1 unspecified atom stereocenters. The minimum Gasteiger partial charge on any atom is -0.548 e. The molecular formula is C8H8KNO5. The van der Waals surface area contributed by atoms with Gasteiger partial charge >= 0.3 is 51.4 Å². The molecule has 76 valence electrons. The molecule has 2 fully saturated rings. The molecule has 0 radical (unpaired) electrons. The van der Waals surface area contributed by atoms with E-state index in [-0.39, 0.29) is 63.7 Å². The first-order chi connectivity index (χ1) is 6.65. The van der Waals surface area contributed by atoms with Crippen LogP contribution in [0.2, 0.25) is 0 Å². The SMILES string of the molecule is O=C([O-])[C@H]1C(/C=C\O)O[C@@H]2CC(=O)N21.[K+]. The summed E-state index contributed by atoms with van der Waals surface area (Å²) < 4.78 is 5.18. The number of carbonyl (C=O) groups is 2. The third-order valence-corrected chi connectivity index (χ3v) is 2.39. The van der Waals surface area contributed by atoms with Crippen molar-refractivity contribution in [2.75, 3.05) is 0 Å². The second-order valence-electron chi connectivity index (χ2n) is 3.17. The smallest absolute Gasteiger partial charge is 0.548 e. The van der Waals surface area contributed by atoms with Crippen molar-refractivity contribution in [3.8, 4) is 0 Å². The van der Waals surface area contributed by atoms with Gasteiger partial charge in [0, 0.05) is 0 Å². The Bertz CT molecular complexity index is 318. The summed E-state index contributed by atoms with van der Waals surface area (Å²) in [6.07, 6.45) is 0.788. The van der Waals surface area contributed by atoms with Crippen molar-refractivity contribution in [1.29, 1.82) is 0 Å². The summed E-state index contributed by atoms with van der Waals surface area (Å²) in [5, 5.41) is 19.2. The van der Waals surface area contributed by atoms with Crippen LogP contribution >= 0.6 is 0 Å². The van der Waals surface area contributed by atoms with Gasteiger partial charge in [0.15, 0.2) is 0 Å². The van der Waals surface area contributed by atoms with Crippen LogP contribution in [0.4, 0.5) is 0 Å². The zero-order valence-corrected chi connectivity index (χ0v) is 11.2. The fourth-order valence-corrected chi connectivity index (χ4v) is 1.75. The maximum Gasteiger partial charge on any atom is 1.00 e. The van der Waals surface area contributed by atoms with Crippen LogP contribution in [0.25, 0.3) is 0 Å². The van der Waals surface area contributed by atoms with E-state index >= 15 is 0 Å². The molecule has 2 aliphatic rings. The number of aliphatic carboxylic acids is 1. The van der Waals surface area contributed by atoms with Crippen LogP contribution in [0.15, 0.2) is 12.3 Å². The van der Waals surface area contributed by atoms with E-state index in [0.717, 1.165) is 4.90 Å². The predicted molar refractivity (Wildman–Crippen MR) is 40.7 cm³/mol. The van der Waals surface area contributed by atoms with E-state index in [1.807, 2.05) is 0 Å². The molecule has 0 bridgehead atoms. The Morgan fingerprint density at radius 3 is 2.80 bits per heavy atom. The fraction of sp³-hybridized carbons (Fsp3) is 0.500. The average Bonchev–Trinajstić information content (AvgIpc) is 2.39. The molecule has 0 spiro atoms. The summed E-state index contributed by atoms with van der Waals surface area (Å²) in [5.41, 5.74) is 0. The quantitative estimate of drug-likeness (QED) is 0.295. The predicted octanol–water partition coefficient (Wildman–Crippen LogP) is -4.86. The molecule has 1 amide bonds. The molecule has 0 aromatic heterocycles. The van der Waals surface area contributed by atoms with Gasteiger partial charge in [0.2, 0.25) is 5.91 Å². The third-order valence-electron chi connectivity index (χ3n) is 2.39. The van der Waals surface area contributed by atoms with Gasteiger partial charge in [-0.3, -0.25) is 4.79 Å². The Morgan fingerprint density at radius 2 is 2.33 bits per heavy atom. The van der Waals surface area contributed by atoms with Crippen molar-refractivity contribution in [2.45, 2.75) is 24.8 Å². The second-order valence-corrected chi connectivity index (χ2v) is 3.17. The Labute approximate surface area is 128 Å². The second kappa shape index (κ2) is 4.94. The van der Waals surface area contributed by atoms with Gasteiger partial charge in [-0.05, 0) is 6.08 Å². The summed E-state index contributed by atoms with van der Waals surface area (Å²) in [6.45, 7) is 0. The molecule has 2 aliphatic heterocycles. The number of amides is 1. The summed E-state index contributed by atoms with van der Waals surface area (Å²) in [6, 6.07) is -1.12. The minimum atomic E-state index is -1.37. The fourth-order valence-electron chi connectivity index (χ4n) is 1.75. The van der Waals surface area contributed by atoms with Gasteiger partial charge in [-0.1, -0.05) is 0 Å². The normalized spacial score (nSPS) is 33.5. The van der Waals surface area contributed by atoms with Crippen LogP contribution in [-0.4, -0.2) is 40.3 Å². The Kier molecular flexibility index (Phi) is 4.33. The van der Waals surface area contributed by atoms with E-state index < -0.39 is 24.3 Å². The van der Waals surface area contributed by atoms with Gasteiger partial charge in [-0.25, -0.2) is 0 Å². The van der Waals surface area contributed by atoms with Crippen molar-refractivity contribution >= 4 is 11.9 Å². The number of carboxylic acid groups (broad SMARTS) is 1. The maximum absolute atomic E-state index is 11.0. The van der Waals surface area contributed by atoms with Crippen molar-refractivity contribution in [1.82, 2.24) is 4.90 Å². The minimum absolute atomic E-state index is 0. The Morgan fingerprint density at radius 1 is 1.67 bits per heavy atom. The van der Waals surface area contributed by atoms with E-state index in [1.54, 1.807) is 0 Å². The number of rotatable bonds is 2. The number of carboxylic acids is 1. The van der Waals surface area contributed by atoms with Gasteiger partial charge in [0.05, 0.1) is 18.7 Å². The van der Waals surface area contributed by atoms with E-state index in [0.29, 0.717) is 6.26 Å². The van der Waals surface area contributed by atoms with Crippen LogP contribution < -0.4 is 56.5 Å². The summed E-state index contributed by atoms with van der Waals surface area (Å²) in [5.74, 6) is -1.64. The Hall–Kier alpha value is 0.0764. The molecule has 15 heavy (non-hydrogen) atoms. The van der Waals surface area contributed by atoms with Gasteiger partial charge in [0.25, 0.3) is 0 Å². The monoisotopic (exact) mass is 237 g/mol. The van der Waals surface area contributed by atoms with E-state index in [9.17, 15) is 14.7 Å². The first-order valence-electron chi connectivity index (χ1n) is 4.13. The van der Waals surface area contributed by atoms with Crippen molar-refractivity contribution in [2.24, 2.45) is 0 Å². The summed E-state index contributed by atoms with van der Waals surface area (Å²) >= 11 is 0.